The lowest BCUT2D eigenvalue weighted by atomic mass is 10.1. The van der Waals surface area contributed by atoms with E-state index in [1.807, 2.05) is 36.4 Å². The Kier molecular flexibility index (Phi) is 5.86. The van der Waals surface area contributed by atoms with Crippen LogP contribution in [0.3, 0.4) is 0 Å². The minimum Gasteiger partial charge on any atom is -0.496 e. The van der Waals surface area contributed by atoms with Crippen LogP contribution in [0.25, 0.3) is 23.0 Å². The van der Waals surface area contributed by atoms with E-state index in [0.717, 1.165) is 17.7 Å². The number of hydrogen-bond acceptors (Lipinski definition) is 6. The van der Waals surface area contributed by atoms with Gasteiger partial charge in [0.2, 0.25) is 5.82 Å². The second-order valence-electron chi connectivity index (χ2n) is 6.42. The average molecular weight is 423 g/mol. The molecular formula is C23H19ClN2O4. The standard InChI is InChI=1S/C23H19ClN2O4/c1-3-6-15-7-4-5-8-19(15)28-14-17-10-12-21(29-17)23-25-22(26-30-23)18-13-16(24)9-11-20(18)27-2/h3-5,7-13H,1,6,14H2,2H3. The van der Waals surface area contributed by atoms with Gasteiger partial charge in [0.25, 0.3) is 5.89 Å². The van der Waals surface area contributed by atoms with Gasteiger partial charge in [-0.25, -0.2) is 0 Å². The van der Waals surface area contributed by atoms with Crippen molar-refractivity contribution in [2.24, 2.45) is 0 Å². The highest BCUT2D eigenvalue weighted by Gasteiger charge is 2.17. The zero-order chi connectivity index (χ0) is 20.9. The molecule has 0 unspecified atom stereocenters. The molecule has 2 aromatic heterocycles. The molecule has 6 nitrogen and oxygen atoms in total. The van der Waals surface area contributed by atoms with Crippen molar-refractivity contribution in [3.05, 3.63) is 83.6 Å². The summed E-state index contributed by atoms with van der Waals surface area (Å²) in [4.78, 5) is 4.41. The summed E-state index contributed by atoms with van der Waals surface area (Å²) in [5, 5.41) is 4.57. The second kappa shape index (κ2) is 8.88. The molecule has 0 radical (unpaired) electrons. The molecule has 0 bridgehead atoms. The number of ether oxygens (including phenoxy) is 2. The molecule has 0 saturated heterocycles. The first-order chi connectivity index (χ1) is 14.7. The molecule has 0 spiro atoms. The third-order valence-electron chi connectivity index (χ3n) is 4.41. The van der Waals surface area contributed by atoms with Gasteiger partial charge in [0.05, 0.1) is 12.7 Å². The fourth-order valence-corrected chi connectivity index (χ4v) is 3.15. The van der Waals surface area contributed by atoms with Crippen LogP contribution in [0.2, 0.25) is 5.02 Å². The monoisotopic (exact) mass is 422 g/mol. The normalized spacial score (nSPS) is 10.7. The molecule has 2 heterocycles. The highest BCUT2D eigenvalue weighted by molar-refractivity contribution is 6.30. The van der Waals surface area contributed by atoms with Gasteiger partial charge in [0.1, 0.15) is 23.9 Å². The molecule has 0 saturated carbocycles. The number of benzene rings is 2. The third kappa shape index (κ3) is 4.23. The Labute approximate surface area is 178 Å². The summed E-state index contributed by atoms with van der Waals surface area (Å²) in [7, 11) is 1.57. The predicted octanol–water partition coefficient (Wildman–Crippen LogP) is 5.97. The molecule has 2 aromatic carbocycles. The van der Waals surface area contributed by atoms with Crippen molar-refractivity contribution in [3.63, 3.8) is 0 Å². The molecule has 0 atom stereocenters. The van der Waals surface area contributed by atoms with Crippen LogP contribution in [0.1, 0.15) is 11.3 Å². The Bertz CT molecular complexity index is 1170. The minimum atomic E-state index is 0.255. The van der Waals surface area contributed by atoms with Crippen LogP contribution in [0.4, 0.5) is 0 Å². The molecule has 0 aliphatic rings. The van der Waals surface area contributed by atoms with Gasteiger partial charge in [0, 0.05) is 5.02 Å². The van der Waals surface area contributed by atoms with Crippen molar-refractivity contribution in [1.29, 1.82) is 0 Å². The van der Waals surface area contributed by atoms with Gasteiger partial charge in [-0.15, -0.1) is 6.58 Å². The zero-order valence-electron chi connectivity index (χ0n) is 16.3. The third-order valence-corrected chi connectivity index (χ3v) is 4.64. The van der Waals surface area contributed by atoms with Gasteiger partial charge < -0.3 is 18.4 Å². The maximum Gasteiger partial charge on any atom is 0.293 e. The van der Waals surface area contributed by atoms with Crippen molar-refractivity contribution in [2.45, 2.75) is 13.0 Å². The van der Waals surface area contributed by atoms with E-state index in [9.17, 15) is 0 Å². The van der Waals surface area contributed by atoms with E-state index in [1.165, 1.54) is 0 Å². The van der Waals surface area contributed by atoms with Crippen LogP contribution in [-0.2, 0) is 13.0 Å². The number of aromatic nitrogens is 2. The number of rotatable bonds is 8. The summed E-state index contributed by atoms with van der Waals surface area (Å²) in [6.07, 6.45) is 2.58. The van der Waals surface area contributed by atoms with Crippen molar-refractivity contribution in [1.82, 2.24) is 10.1 Å². The molecule has 152 valence electrons. The van der Waals surface area contributed by atoms with Gasteiger partial charge in [-0.05, 0) is 48.4 Å². The smallest absolute Gasteiger partial charge is 0.293 e. The summed E-state index contributed by atoms with van der Waals surface area (Å²) in [6, 6.07) is 16.6. The second-order valence-corrected chi connectivity index (χ2v) is 6.86. The number of halogens is 1. The summed E-state index contributed by atoms with van der Waals surface area (Å²) >= 11 is 6.09. The number of para-hydroxylation sites is 1. The largest absolute Gasteiger partial charge is 0.496 e. The predicted molar refractivity (Wildman–Crippen MR) is 114 cm³/mol. The highest BCUT2D eigenvalue weighted by Crippen LogP contribution is 2.32. The number of allylic oxidation sites excluding steroid dienone is 1. The molecule has 0 amide bonds. The first kappa shape index (κ1) is 19.8. The lowest BCUT2D eigenvalue weighted by molar-refractivity contribution is 0.268. The maximum absolute atomic E-state index is 6.09. The van der Waals surface area contributed by atoms with E-state index in [-0.39, 0.29) is 12.5 Å². The maximum atomic E-state index is 6.09. The van der Waals surface area contributed by atoms with Gasteiger partial charge in [-0.1, -0.05) is 41.0 Å². The number of methoxy groups -OCH3 is 1. The van der Waals surface area contributed by atoms with Crippen LogP contribution >= 0.6 is 11.6 Å². The Hall–Kier alpha value is -3.51. The van der Waals surface area contributed by atoms with Crippen LogP contribution in [0, 0.1) is 0 Å². The molecule has 0 N–H and O–H groups in total. The van der Waals surface area contributed by atoms with Crippen molar-refractivity contribution < 1.29 is 18.4 Å². The molecule has 0 aliphatic heterocycles. The average Bonchev–Trinajstić information content (AvgIpc) is 3.43. The van der Waals surface area contributed by atoms with Crippen molar-refractivity contribution >= 4 is 11.6 Å². The molecule has 4 rings (SSSR count). The van der Waals surface area contributed by atoms with Gasteiger partial charge in [0.15, 0.2) is 5.76 Å². The van der Waals surface area contributed by atoms with E-state index in [2.05, 4.69) is 16.7 Å². The topological polar surface area (TPSA) is 70.5 Å². The summed E-state index contributed by atoms with van der Waals surface area (Å²) in [5.74, 6) is 3.09. The number of hydrogen-bond donors (Lipinski definition) is 0. The fraction of sp³-hybridized carbons (Fsp3) is 0.130. The van der Waals surface area contributed by atoms with E-state index < -0.39 is 0 Å². The lowest BCUT2D eigenvalue weighted by Crippen LogP contribution is -1.97. The van der Waals surface area contributed by atoms with E-state index >= 15 is 0 Å². The Morgan fingerprint density at radius 3 is 2.80 bits per heavy atom. The Morgan fingerprint density at radius 2 is 1.97 bits per heavy atom. The molecule has 0 aliphatic carbocycles. The molecule has 0 fully saturated rings. The molecular weight excluding hydrogens is 404 g/mol. The van der Waals surface area contributed by atoms with Crippen LogP contribution in [0.15, 0.2) is 76.2 Å². The summed E-state index contributed by atoms with van der Waals surface area (Å²) < 4.78 is 22.4. The van der Waals surface area contributed by atoms with Crippen LogP contribution in [-0.4, -0.2) is 17.3 Å². The van der Waals surface area contributed by atoms with Crippen molar-refractivity contribution in [3.8, 4) is 34.5 Å². The Morgan fingerprint density at radius 1 is 1.10 bits per heavy atom. The highest BCUT2D eigenvalue weighted by atomic mass is 35.5. The van der Waals surface area contributed by atoms with Crippen LogP contribution in [0.5, 0.6) is 11.5 Å². The SMILES string of the molecule is C=CCc1ccccc1OCc1ccc(-c2nc(-c3cc(Cl)ccc3OC)no2)o1. The van der Waals surface area contributed by atoms with E-state index in [0.29, 0.717) is 33.7 Å². The molecule has 4 aromatic rings. The summed E-state index contributed by atoms with van der Waals surface area (Å²) in [5.41, 5.74) is 1.70. The minimum absolute atomic E-state index is 0.255. The van der Waals surface area contributed by atoms with E-state index in [4.69, 9.17) is 30.0 Å². The van der Waals surface area contributed by atoms with E-state index in [1.54, 1.807) is 31.4 Å². The van der Waals surface area contributed by atoms with Crippen LogP contribution < -0.4 is 9.47 Å². The zero-order valence-corrected chi connectivity index (χ0v) is 17.1. The van der Waals surface area contributed by atoms with Gasteiger partial charge in [-0.2, -0.15) is 4.98 Å². The first-order valence-electron chi connectivity index (χ1n) is 9.26. The Balaban J connectivity index is 1.50. The lowest BCUT2D eigenvalue weighted by Gasteiger charge is -2.08. The molecule has 7 heteroatoms. The first-order valence-corrected chi connectivity index (χ1v) is 9.64. The van der Waals surface area contributed by atoms with Gasteiger partial charge >= 0.3 is 0 Å². The van der Waals surface area contributed by atoms with Crippen molar-refractivity contribution in [2.75, 3.05) is 7.11 Å². The quantitative estimate of drug-likeness (QED) is 0.326. The fourth-order valence-electron chi connectivity index (χ4n) is 2.98. The molecule has 30 heavy (non-hydrogen) atoms. The number of furan rings is 1. The number of nitrogens with zero attached hydrogens (tertiary/aromatic N) is 2. The van der Waals surface area contributed by atoms with Gasteiger partial charge in [-0.3, -0.25) is 0 Å². The summed E-state index contributed by atoms with van der Waals surface area (Å²) in [6.45, 7) is 4.05.